The first kappa shape index (κ1) is 13.2. The van der Waals surface area contributed by atoms with Gasteiger partial charge in [0.15, 0.2) is 0 Å². The summed E-state index contributed by atoms with van der Waals surface area (Å²) in [6.45, 7) is 12.7. The van der Waals surface area contributed by atoms with Gasteiger partial charge in [-0.15, -0.1) is 0 Å². The Morgan fingerprint density at radius 3 is 2.94 bits per heavy atom. The van der Waals surface area contributed by atoms with Crippen LogP contribution < -0.4 is 5.32 Å². The molecular weight excluding hydrogens is 220 g/mol. The van der Waals surface area contributed by atoms with Crippen molar-refractivity contribution in [2.75, 3.05) is 31.5 Å². The number of fused-ring (bicyclic) bond motifs is 1. The second-order valence-corrected chi connectivity index (χ2v) is 5.39. The van der Waals surface area contributed by atoms with E-state index in [9.17, 15) is 0 Å². The number of benzene rings is 1. The molecule has 1 aliphatic heterocycles. The Balaban J connectivity index is 1.94. The highest BCUT2D eigenvalue weighted by atomic mass is 15.1. The van der Waals surface area contributed by atoms with Gasteiger partial charge < -0.3 is 5.32 Å². The van der Waals surface area contributed by atoms with E-state index >= 15 is 0 Å². The van der Waals surface area contributed by atoms with E-state index in [0.717, 1.165) is 26.2 Å². The topological polar surface area (TPSA) is 15.3 Å². The first-order valence-corrected chi connectivity index (χ1v) is 6.87. The lowest BCUT2D eigenvalue weighted by molar-refractivity contribution is 0.261. The first-order chi connectivity index (χ1) is 8.69. The van der Waals surface area contributed by atoms with Crippen LogP contribution in [0.5, 0.6) is 0 Å². The summed E-state index contributed by atoms with van der Waals surface area (Å²) in [6, 6.07) is 8.65. The van der Waals surface area contributed by atoms with Gasteiger partial charge in [-0.3, -0.25) is 4.90 Å². The Hall–Kier alpha value is -1.28. The van der Waals surface area contributed by atoms with Gasteiger partial charge >= 0.3 is 0 Å². The van der Waals surface area contributed by atoms with Gasteiger partial charge in [-0.2, -0.15) is 0 Å². The molecule has 0 saturated heterocycles. The van der Waals surface area contributed by atoms with E-state index in [1.54, 1.807) is 0 Å². The van der Waals surface area contributed by atoms with Gasteiger partial charge in [-0.25, -0.2) is 0 Å². The molecular formula is C16H24N2. The van der Waals surface area contributed by atoms with Crippen LogP contribution >= 0.6 is 0 Å². The number of likely N-dealkylation sites (N-methyl/N-ethyl adjacent to an activating group) is 1. The Kier molecular flexibility index (Phi) is 4.43. The summed E-state index contributed by atoms with van der Waals surface area (Å²) >= 11 is 0. The van der Waals surface area contributed by atoms with E-state index in [-0.39, 0.29) is 0 Å². The molecule has 1 heterocycles. The molecule has 0 aliphatic carbocycles. The Morgan fingerprint density at radius 1 is 1.44 bits per heavy atom. The molecule has 0 fully saturated rings. The van der Waals surface area contributed by atoms with Gasteiger partial charge in [0.1, 0.15) is 0 Å². The van der Waals surface area contributed by atoms with Crippen molar-refractivity contribution >= 4 is 5.69 Å². The lowest BCUT2D eigenvalue weighted by atomic mass is 9.93. The number of anilines is 1. The fourth-order valence-electron chi connectivity index (χ4n) is 2.69. The molecule has 1 N–H and O–H groups in total. The van der Waals surface area contributed by atoms with Gasteiger partial charge in [0.25, 0.3) is 0 Å². The molecule has 0 radical (unpaired) electrons. The van der Waals surface area contributed by atoms with Crippen molar-refractivity contribution < 1.29 is 0 Å². The summed E-state index contributed by atoms with van der Waals surface area (Å²) in [4.78, 5) is 2.49. The fourth-order valence-corrected chi connectivity index (χ4v) is 2.69. The minimum Gasteiger partial charge on any atom is -0.384 e. The minimum atomic E-state index is 0.708. The maximum Gasteiger partial charge on any atom is 0.0372 e. The van der Waals surface area contributed by atoms with Crippen molar-refractivity contribution in [3.05, 3.63) is 42.0 Å². The number of rotatable bonds is 5. The van der Waals surface area contributed by atoms with Crippen molar-refractivity contribution in [3.8, 4) is 0 Å². The summed E-state index contributed by atoms with van der Waals surface area (Å²) in [5.41, 5.74) is 4.03. The summed E-state index contributed by atoms with van der Waals surface area (Å²) in [7, 11) is 0. The highest BCUT2D eigenvalue weighted by Gasteiger charge is 2.19. The second kappa shape index (κ2) is 6.05. The average Bonchev–Trinajstić information content (AvgIpc) is 2.37. The van der Waals surface area contributed by atoms with Crippen LogP contribution in [0, 0.1) is 5.92 Å². The molecule has 0 spiro atoms. The molecule has 1 aromatic carbocycles. The predicted molar refractivity (Wildman–Crippen MR) is 79.1 cm³/mol. The monoisotopic (exact) mass is 244 g/mol. The summed E-state index contributed by atoms with van der Waals surface area (Å²) in [6.07, 6.45) is 1.19. The first-order valence-electron chi connectivity index (χ1n) is 6.87. The second-order valence-electron chi connectivity index (χ2n) is 5.39. The third-order valence-electron chi connectivity index (χ3n) is 3.56. The quantitative estimate of drug-likeness (QED) is 0.800. The summed E-state index contributed by atoms with van der Waals surface area (Å²) in [5, 5.41) is 3.55. The Morgan fingerprint density at radius 2 is 2.22 bits per heavy atom. The van der Waals surface area contributed by atoms with Crippen LogP contribution in [0.2, 0.25) is 0 Å². The van der Waals surface area contributed by atoms with Gasteiger partial charge in [0.2, 0.25) is 0 Å². The molecule has 0 bridgehead atoms. The summed E-state index contributed by atoms with van der Waals surface area (Å²) in [5.74, 6) is 0.708. The van der Waals surface area contributed by atoms with Crippen molar-refractivity contribution in [2.45, 2.75) is 20.3 Å². The molecule has 0 aromatic heterocycles. The fraction of sp³-hybridized carbons (Fsp3) is 0.500. The highest BCUT2D eigenvalue weighted by molar-refractivity contribution is 5.53. The smallest absolute Gasteiger partial charge is 0.0372 e. The van der Waals surface area contributed by atoms with Crippen LogP contribution in [0.4, 0.5) is 5.69 Å². The van der Waals surface area contributed by atoms with Crippen molar-refractivity contribution in [1.29, 1.82) is 0 Å². The van der Waals surface area contributed by atoms with Crippen LogP contribution in [0.25, 0.3) is 0 Å². The molecule has 0 saturated carbocycles. The number of para-hydroxylation sites is 1. The minimum absolute atomic E-state index is 0.708. The molecule has 2 heteroatoms. The van der Waals surface area contributed by atoms with Gasteiger partial charge in [0.05, 0.1) is 0 Å². The maximum atomic E-state index is 4.01. The molecule has 2 nitrogen and oxygen atoms in total. The van der Waals surface area contributed by atoms with Crippen molar-refractivity contribution in [3.63, 3.8) is 0 Å². The van der Waals surface area contributed by atoms with Crippen molar-refractivity contribution in [1.82, 2.24) is 4.90 Å². The van der Waals surface area contributed by atoms with Crippen LogP contribution in [0.15, 0.2) is 36.4 Å². The van der Waals surface area contributed by atoms with E-state index in [0.29, 0.717) is 5.92 Å². The molecule has 1 aliphatic rings. The standard InChI is InChI=1S/C16H24N2/c1-4-18(11-13(2)3)12-14-9-15-7-5-6-8-16(15)17-10-14/h5-8,14,17H,2,4,9-12H2,1,3H3. The van der Waals surface area contributed by atoms with Gasteiger partial charge in [-0.05, 0) is 37.4 Å². The van der Waals surface area contributed by atoms with E-state index in [1.165, 1.54) is 23.2 Å². The zero-order chi connectivity index (χ0) is 13.0. The zero-order valence-corrected chi connectivity index (χ0v) is 11.6. The normalized spacial score (nSPS) is 18.3. The summed E-state index contributed by atoms with van der Waals surface area (Å²) < 4.78 is 0. The Bertz CT molecular complexity index is 411. The van der Waals surface area contributed by atoms with Crippen molar-refractivity contribution in [2.24, 2.45) is 5.92 Å². The molecule has 98 valence electrons. The molecule has 1 aromatic rings. The molecule has 1 unspecified atom stereocenters. The number of hydrogen-bond donors (Lipinski definition) is 1. The van der Waals surface area contributed by atoms with Crippen LogP contribution in [-0.4, -0.2) is 31.1 Å². The average molecular weight is 244 g/mol. The van der Waals surface area contributed by atoms with E-state index in [2.05, 4.69) is 54.9 Å². The molecule has 1 atom stereocenters. The van der Waals surface area contributed by atoms with Gasteiger partial charge in [-0.1, -0.05) is 37.3 Å². The predicted octanol–water partition coefficient (Wildman–Crippen LogP) is 3.17. The van der Waals surface area contributed by atoms with Crippen LogP contribution in [0.3, 0.4) is 0 Å². The zero-order valence-electron chi connectivity index (χ0n) is 11.6. The lowest BCUT2D eigenvalue weighted by Gasteiger charge is -2.31. The van der Waals surface area contributed by atoms with E-state index in [1.807, 2.05) is 0 Å². The third kappa shape index (κ3) is 3.36. The lowest BCUT2D eigenvalue weighted by Crippen LogP contribution is -2.36. The number of hydrogen-bond acceptors (Lipinski definition) is 2. The highest BCUT2D eigenvalue weighted by Crippen LogP contribution is 2.24. The van der Waals surface area contributed by atoms with E-state index < -0.39 is 0 Å². The molecule has 18 heavy (non-hydrogen) atoms. The molecule has 0 amide bonds. The third-order valence-corrected chi connectivity index (χ3v) is 3.56. The maximum absolute atomic E-state index is 4.01. The molecule has 2 rings (SSSR count). The SMILES string of the molecule is C=C(C)CN(CC)CC1CNc2ccccc2C1. The number of nitrogens with one attached hydrogen (secondary N) is 1. The van der Waals surface area contributed by atoms with Crippen LogP contribution in [-0.2, 0) is 6.42 Å². The van der Waals surface area contributed by atoms with E-state index in [4.69, 9.17) is 0 Å². The Labute approximate surface area is 111 Å². The van der Waals surface area contributed by atoms with Gasteiger partial charge in [0, 0.05) is 25.3 Å². The number of nitrogens with zero attached hydrogens (tertiary/aromatic N) is 1. The largest absolute Gasteiger partial charge is 0.384 e. The van der Waals surface area contributed by atoms with Crippen LogP contribution in [0.1, 0.15) is 19.4 Å².